The third kappa shape index (κ3) is 3.48. The number of amides is 1. The third-order valence-electron chi connectivity index (χ3n) is 4.12. The first-order valence-corrected chi connectivity index (χ1v) is 7.74. The lowest BCUT2D eigenvalue weighted by Gasteiger charge is -2.29. The zero-order valence-corrected chi connectivity index (χ0v) is 13.8. The van der Waals surface area contributed by atoms with Crippen molar-refractivity contribution in [3.63, 3.8) is 0 Å². The molecule has 0 aliphatic carbocycles. The van der Waals surface area contributed by atoms with Crippen LogP contribution >= 0.6 is 0 Å². The maximum atomic E-state index is 12.4. The van der Waals surface area contributed by atoms with Gasteiger partial charge in [0.15, 0.2) is 0 Å². The number of likely N-dealkylation sites (N-methyl/N-ethyl adjacent to an activating group) is 1. The minimum atomic E-state index is -0.976. The van der Waals surface area contributed by atoms with E-state index in [4.69, 9.17) is 0 Å². The average molecular weight is 328 g/mol. The van der Waals surface area contributed by atoms with Crippen molar-refractivity contribution >= 4 is 11.7 Å². The summed E-state index contributed by atoms with van der Waals surface area (Å²) >= 11 is 0. The highest BCUT2D eigenvalue weighted by molar-refractivity contribution is 5.92. The molecule has 1 atom stereocenters. The largest absolute Gasteiger partial charge is 0.386 e. The lowest BCUT2D eigenvalue weighted by atomic mass is 10.0. The van der Waals surface area contributed by atoms with Crippen molar-refractivity contribution in [1.82, 2.24) is 24.8 Å². The molecular weight excluding hydrogens is 308 g/mol. The van der Waals surface area contributed by atoms with Crippen LogP contribution in [-0.4, -0.2) is 68.1 Å². The minimum Gasteiger partial charge on any atom is -0.386 e. The summed E-state index contributed by atoms with van der Waals surface area (Å²) in [6, 6.07) is 3.45. The summed E-state index contributed by atoms with van der Waals surface area (Å²) in [7, 11) is 1.67. The van der Waals surface area contributed by atoms with Gasteiger partial charge in [-0.1, -0.05) is 0 Å². The van der Waals surface area contributed by atoms with Gasteiger partial charge in [0, 0.05) is 38.1 Å². The zero-order valence-electron chi connectivity index (χ0n) is 13.8. The normalized spacial score (nSPS) is 20.2. The van der Waals surface area contributed by atoms with E-state index in [0.29, 0.717) is 25.2 Å². The summed E-state index contributed by atoms with van der Waals surface area (Å²) in [6.45, 7) is 3.24. The molecule has 1 fully saturated rings. The highest BCUT2D eigenvalue weighted by Crippen LogP contribution is 2.26. The van der Waals surface area contributed by atoms with Gasteiger partial charge in [-0.3, -0.25) is 4.79 Å². The highest BCUT2D eigenvalue weighted by Gasteiger charge is 2.38. The lowest BCUT2D eigenvalue weighted by Crippen LogP contribution is -2.46. The Bertz CT molecular complexity index is 726. The van der Waals surface area contributed by atoms with E-state index in [-0.39, 0.29) is 12.5 Å². The molecule has 2 aromatic rings. The van der Waals surface area contributed by atoms with E-state index in [2.05, 4.69) is 19.9 Å². The molecule has 1 N–H and O–H groups in total. The van der Waals surface area contributed by atoms with E-state index < -0.39 is 5.60 Å². The number of aromatic nitrogens is 4. The van der Waals surface area contributed by atoms with Gasteiger partial charge in [0.1, 0.15) is 29.8 Å². The molecule has 0 aromatic carbocycles. The predicted octanol–water partition coefficient (Wildman–Crippen LogP) is 0.288. The van der Waals surface area contributed by atoms with Crippen LogP contribution in [0.4, 0.5) is 5.82 Å². The summed E-state index contributed by atoms with van der Waals surface area (Å²) in [5, 5.41) is 10.8. The van der Waals surface area contributed by atoms with Gasteiger partial charge in [-0.25, -0.2) is 19.9 Å². The van der Waals surface area contributed by atoms with Gasteiger partial charge in [-0.2, -0.15) is 0 Å². The van der Waals surface area contributed by atoms with Crippen molar-refractivity contribution in [2.24, 2.45) is 0 Å². The molecule has 1 aliphatic rings. The SMILES string of the molecule is Cc1cc(N2CC[C@@](O)(CN(C)C(=O)c3ccncn3)C2)ncn1. The first-order chi connectivity index (χ1) is 11.5. The van der Waals surface area contributed by atoms with Crippen LogP contribution in [0.3, 0.4) is 0 Å². The summed E-state index contributed by atoms with van der Waals surface area (Å²) in [6.07, 6.45) is 4.95. The van der Waals surface area contributed by atoms with Crippen LogP contribution in [0.5, 0.6) is 0 Å². The Hall–Kier alpha value is -2.61. The van der Waals surface area contributed by atoms with Crippen molar-refractivity contribution in [3.8, 4) is 0 Å². The molecule has 1 saturated heterocycles. The molecule has 3 rings (SSSR count). The van der Waals surface area contributed by atoms with Crippen molar-refractivity contribution in [2.75, 3.05) is 31.6 Å². The van der Waals surface area contributed by atoms with Crippen molar-refractivity contribution in [3.05, 3.63) is 42.4 Å². The van der Waals surface area contributed by atoms with Crippen LogP contribution in [0.2, 0.25) is 0 Å². The molecule has 0 spiro atoms. The van der Waals surface area contributed by atoms with Gasteiger partial charge >= 0.3 is 0 Å². The molecule has 126 valence electrons. The second kappa shape index (κ2) is 6.48. The molecule has 3 heterocycles. The molecule has 0 saturated carbocycles. The first-order valence-electron chi connectivity index (χ1n) is 7.74. The summed E-state index contributed by atoms with van der Waals surface area (Å²) in [5.74, 6) is 0.561. The van der Waals surface area contributed by atoms with E-state index in [0.717, 1.165) is 11.5 Å². The van der Waals surface area contributed by atoms with Gasteiger partial charge in [-0.05, 0) is 19.4 Å². The van der Waals surface area contributed by atoms with E-state index in [1.165, 1.54) is 23.8 Å². The van der Waals surface area contributed by atoms with E-state index in [1.807, 2.05) is 17.9 Å². The number of aliphatic hydroxyl groups is 1. The van der Waals surface area contributed by atoms with Crippen LogP contribution in [0.25, 0.3) is 0 Å². The Morgan fingerprint density at radius 1 is 1.38 bits per heavy atom. The fourth-order valence-corrected chi connectivity index (χ4v) is 2.92. The molecule has 8 nitrogen and oxygen atoms in total. The monoisotopic (exact) mass is 328 g/mol. The van der Waals surface area contributed by atoms with Crippen LogP contribution in [0.15, 0.2) is 31.0 Å². The van der Waals surface area contributed by atoms with Gasteiger partial charge in [-0.15, -0.1) is 0 Å². The van der Waals surface area contributed by atoms with Crippen molar-refractivity contribution < 1.29 is 9.90 Å². The Labute approximate surface area is 140 Å². The fraction of sp³-hybridized carbons (Fsp3) is 0.438. The Kier molecular flexibility index (Phi) is 4.39. The Morgan fingerprint density at radius 2 is 2.21 bits per heavy atom. The number of nitrogens with zero attached hydrogens (tertiary/aromatic N) is 6. The Morgan fingerprint density at radius 3 is 2.92 bits per heavy atom. The summed E-state index contributed by atoms with van der Waals surface area (Å²) in [5.41, 5.74) is 0.222. The molecule has 2 aromatic heterocycles. The van der Waals surface area contributed by atoms with Crippen LogP contribution in [0, 0.1) is 6.92 Å². The standard InChI is InChI=1S/C16H20N6O2/c1-12-7-14(20-11-18-12)22-6-4-16(24,9-22)8-21(2)15(23)13-3-5-17-10-19-13/h3,5,7,10-11,24H,4,6,8-9H2,1-2H3/t16-/m1/s1. The Balaban J connectivity index is 1.66. The number of carbonyl (C=O) groups is 1. The van der Waals surface area contributed by atoms with E-state index in [1.54, 1.807) is 13.1 Å². The van der Waals surface area contributed by atoms with Gasteiger partial charge < -0.3 is 14.9 Å². The van der Waals surface area contributed by atoms with Crippen LogP contribution in [-0.2, 0) is 0 Å². The second-order valence-electron chi connectivity index (χ2n) is 6.17. The molecule has 0 unspecified atom stereocenters. The number of hydrogen-bond donors (Lipinski definition) is 1. The fourth-order valence-electron chi connectivity index (χ4n) is 2.92. The number of β-amino-alcohol motifs (C(OH)–C–C–N with tert-alkyl or cyclic N) is 1. The van der Waals surface area contributed by atoms with Crippen molar-refractivity contribution in [1.29, 1.82) is 0 Å². The molecule has 8 heteroatoms. The van der Waals surface area contributed by atoms with Gasteiger partial charge in [0.05, 0.1) is 6.54 Å². The third-order valence-corrected chi connectivity index (χ3v) is 4.12. The second-order valence-corrected chi connectivity index (χ2v) is 6.17. The van der Waals surface area contributed by atoms with E-state index in [9.17, 15) is 9.90 Å². The summed E-state index contributed by atoms with van der Waals surface area (Å²) in [4.78, 5) is 32.0. The van der Waals surface area contributed by atoms with Gasteiger partial charge in [0.25, 0.3) is 5.91 Å². The van der Waals surface area contributed by atoms with Crippen LogP contribution < -0.4 is 4.90 Å². The van der Waals surface area contributed by atoms with E-state index >= 15 is 0 Å². The van der Waals surface area contributed by atoms with Gasteiger partial charge in [0.2, 0.25) is 0 Å². The molecular formula is C16H20N6O2. The average Bonchev–Trinajstić information content (AvgIpc) is 2.97. The zero-order chi connectivity index (χ0) is 17.2. The number of hydrogen-bond acceptors (Lipinski definition) is 7. The first kappa shape index (κ1) is 16.3. The quantitative estimate of drug-likeness (QED) is 0.861. The topological polar surface area (TPSA) is 95.3 Å². The minimum absolute atomic E-state index is 0.233. The predicted molar refractivity (Wildman–Crippen MR) is 87.5 cm³/mol. The lowest BCUT2D eigenvalue weighted by molar-refractivity contribution is 0.0262. The number of aryl methyl sites for hydroxylation is 1. The molecule has 0 radical (unpaired) electrons. The number of rotatable bonds is 4. The van der Waals surface area contributed by atoms with Crippen LogP contribution in [0.1, 0.15) is 22.6 Å². The highest BCUT2D eigenvalue weighted by atomic mass is 16.3. The number of anilines is 1. The smallest absolute Gasteiger partial charge is 0.272 e. The molecule has 0 bridgehead atoms. The van der Waals surface area contributed by atoms with Crippen molar-refractivity contribution in [2.45, 2.75) is 18.9 Å². The molecule has 24 heavy (non-hydrogen) atoms. The molecule has 1 amide bonds. The summed E-state index contributed by atoms with van der Waals surface area (Å²) < 4.78 is 0. The number of carbonyl (C=O) groups excluding carboxylic acids is 1. The maximum absolute atomic E-state index is 12.4. The molecule has 1 aliphatic heterocycles. The maximum Gasteiger partial charge on any atom is 0.272 e.